The van der Waals surface area contributed by atoms with Gasteiger partial charge in [0.1, 0.15) is 18.4 Å². The first kappa shape index (κ1) is 31.2. The Kier molecular flexibility index (Phi) is 12.4. The largest absolute Gasteiger partial charge is 0.489 e. The van der Waals surface area contributed by atoms with Gasteiger partial charge in [0.25, 0.3) is 0 Å². The van der Waals surface area contributed by atoms with Crippen LogP contribution in [0.3, 0.4) is 0 Å². The van der Waals surface area contributed by atoms with Gasteiger partial charge in [0, 0.05) is 30.4 Å². The van der Waals surface area contributed by atoms with E-state index in [1.54, 1.807) is 12.4 Å². The van der Waals surface area contributed by atoms with Gasteiger partial charge >= 0.3 is 0 Å². The molecule has 1 atom stereocenters. The normalized spacial score (nSPS) is 17.3. The fraction of sp³-hybridized carbons (Fsp3) is 0.457. The summed E-state index contributed by atoms with van der Waals surface area (Å²) in [6.07, 6.45) is 13.3. The van der Waals surface area contributed by atoms with Gasteiger partial charge < -0.3 is 21.1 Å². The molecule has 0 aliphatic heterocycles. The third kappa shape index (κ3) is 9.98. The average Bonchev–Trinajstić information content (AvgIpc) is 3.03. The highest BCUT2D eigenvalue weighted by Gasteiger charge is 2.29. The van der Waals surface area contributed by atoms with E-state index in [-0.39, 0.29) is 17.7 Å². The lowest BCUT2D eigenvalue weighted by atomic mass is 9.81. The van der Waals surface area contributed by atoms with Crippen molar-refractivity contribution in [2.75, 3.05) is 11.9 Å². The number of anilines is 1. The molecule has 0 spiro atoms. The molecule has 1 fully saturated rings. The van der Waals surface area contributed by atoms with Crippen molar-refractivity contribution in [1.29, 1.82) is 0 Å². The van der Waals surface area contributed by atoms with Crippen molar-refractivity contribution in [2.24, 2.45) is 17.6 Å². The summed E-state index contributed by atoms with van der Waals surface area (Å²) in [5.74, 6) is 0.881. The number of aromatic nitrogens is 1. The Morgan fingerprint density at radius 2 is 1.57 bits per heavy atom. The lowest BCUT2D eigenvalue weighted by molar-refractivity contribution is -0.130. The fourth-order valence-corrected chi connectivity index (χ4v) is 5.50. The number of nitrogens with zero attached hydrogens (tertiary/aromatic N) is 1. The second-order valence-electron chi connectivity index (χ2n) is 11.5. The zero-order valence-corrected chi connectivity index (χ0v) is 24.9. The minimum atomic E-state index is -0.693. The predicted octanol–water partition coefficient (Wildman–Crippen LogP) is 6.21. The Morgan fingerprint density at radius 3 is 2.24 bits per heavy atom. The number of benzene rings is 2. The average molecular weight is 571 g/mol. The van der Waals surface area contributed by atoms with Crippen molar-refractivity contribution in [3.63, 3.8) is 0 Å². The van der Waals surface area contributed by atoms with Gasteiger partial charge in [-0.05, 0) is 104 Å². The van der Waals surface area contributed by atoms with Gasteiger partial charge in [0.2, 0.25) is 11.8 Å². The first-order chi connectivity index (χ1) is 20.5. The first-order valence-electron chi connectivity index (χ1n) is 15.5. The molecule has 0 saturated heterocycles. The zero-order valence-electron chi connectivity index (χ0n) is 24.9. The van der Waals surface area contributed by atoms with E-state index >= 15 is 0 Å². The van der Waals surface area contributed by atoms with Crippen LogP contribution in [0.25, 0.3) is 0 Å². The second kappa shape index (κ2) is 16.7. The van der Waals surface area contributed by atoms with Crippen LogP contribution < -0.4 is 21.1 Å². The van der Waals surface area contributed by atoms with E-state index in [0.717, 1.165) is 54.7 Å². The van der Waals surface area contributed by atoms with Gasteiger partial charge in [0.05, 0.1) is 0 Å². The molecule has 1 unspecified atom stereocenters. The summed E-state index contributed by atoms with van der Waals surface area (Å²) >= 11 is 0. The molecule has 7 nitrogen and oxygen atoms in total. The van der Waals surface area contributed by atoms with E-state index in [1.165, 1.54) is 31.2 Å². The Morgan fingerprint density at radius 1 is 0.881 bits per heavy atom. The molecule has 3 aromatic rings. The van der Waals surface area contributed by atoms with E-state index in [4.69, 9.17) is 10.5 Å². The summed E-state index contributed by atoms with van der Waals surface area (Å²) in [6, 6.07) is 18.9. The van der Waals surface area contributed by atoms with Crippen LogP contribution in [0.5, 0.6) is 5.75 Å². The summed E-state index contributed by atoms with van der Waals surface area (Å²) in [4.78, 5) is 30.8. The molecule has 1 aromatic heterocycles. The summed E-state index contributed by atoms with van der Waals surface area (Å²) in [5.41, 5.74) is 9.84. The number of nitrogens with two attached hydrogens (primary N) is 1. The van der Waals surface area contributed by atoms with E-state index in [1.807, 2.05) is 48.5 Å². The quantitative estimate of drug-likeness (QED) is 0.188. The zero-order chi connectivity index (χ0) is 29.6. The number of ether oxygens (including phenoxy) is 1. The third-order valence-electron chi connectivity index (χ3n) is 8.24. The number of carbonyl (C=O) groups excluding carboxylic acids is 2. The van der Waals surface area contributed by atoms with Crippen molar-refractivity contribution in [1.82, 2.24) is 10.3 Å². The van der Waals surface area contributed by atoms with Gasteiger partial charge in [0.15, 0.2) is 0 Å². The molecule has 2 amide bonds. The molecule has 0 radical (unpaired) electrons. The van der Waals surface area contributed by atoms with Crippen LogP contribution in [0.2, 0.25) is 0 Å². The highest BCUT2D eigenvalue weighted by molar-refractivity contribution is 5.97. The van der Waals surface area contributed by atoms with Crippen molar-refractivity contribution < 1.29 is 14.3 Å². The van der Waals surface area contributed by atoms with Crippen LogP contribution in [0, 0.1) is 11.8 Å². The number of hydrogen-bond donors (Lipinski definition) is 3. The molecule has 4 N–H and O–H groups in total. The highest BCUT2D eigenvalue weighted by Crippen LogP contribution is 2.28. The summed E-state index contributed by atoms with van der Waals surface area (Å²) < 4.78 is 5.90. The molecular weight excluding hydrogens is 524 g/mol. The Bertz CT molecular complexity index is 1220. The molecule has 0 bridgehead atoms. The summed E-state index contributed by atoms with van der Waals surface area (Å²) in [5, 5.41) is 6.12. The van der Waals surface area contributed by atoms with Gasteiger partial charge in [-0.15, -0.1) is 0 Å². The van der Waals surface area contributed by atoms with Crippen molar-refractivity contribution in [3.8, 4) is 5.75 Å². The van der Waals surface area contributed by atoms with Crippen LogP contribution in [0.15, 0.2) is 73.1 Å². The fourth-order valence-electron chi connectivity index (χ4n) is 5.50. The third-order valence-corrected chi connectivity index (χ3v) is 8.24. The predicted molar refractivity (Wildman–Crippen MR) is 168 cm³/mol. The number of hydrogen-bond acceptors (Lipinski definition) is 5. The maximum Gasteiger partial charge on any atom is 0.247 e. The first-order valence-corrected chi connectivity index (χ1v) is 15.5. The molecule has 4 rings (SSSR count). The smallest absolute Gasteiger partial charge is 0.247 e. The monoisotopic (exact) mass is 570 g/mol. The summed E-state index contributed by atoms with van der Waals surface area (Å²) in [7, 11) is 0. The number of rotatable bonds is 15. The van der Waals surface area contributed by atoms with Crippen LogP contribution in [-0.4, -0.2) is 29.4 Å². The van der Waals surface area contributed by atoms with Crippen LogP contribution in [0.4, 0.5) is 5.69 Å². The van der Waals surface area contributed by atoms with E-state index in [9.17, 15) is 9.59 Å². The van der Waals surface area contributed by atoms with Gasteiger partial charge in [-0.2, -0.15) is 0 Å². The number of carbonyl (C=O) groups is 2. The molecular formula is C35H46N4O3. The number of aryl methyl sites for hydroxylation is 1. The molecule has 1 aliphatic rings. The second-order valence-corrected chi connectivity index (χ2v) is 11.5. The summed E-state index contributed by atoms with van der Waals surface area (Å²) in [6.45, 7) is 3.33. The van der Waals surface area contributed by atoms with Crippen LogP contribution in [-0.2, 0) is 29.0 Å². The van der Waals surface area contributed by atoms with Gasteiger partial charge in [-0.1, -0.05) is 50.5 Å². The van der Waals surface area contributed by atoms with Gasteiger partial charge in [-0.25, -0.2) is 0 Å². The highest BCUT2D eigenvalue weighted by atomic mass is 16.5. The SMILES string of the molecule is CCCCCCc1ccc(NC(=O)C(Cc2ccc(OCc3ccncc3)cc2)NC(=O)C2CCC(CN)CC2)cc1. The van der Waals surface area contributed by atoms with Crippen LogP contribution in [0.1, 0.15) is 75.0 Å². The van der Waals surface area contributed by atoms with E-state index < -0.39 is 6.04 Å². The van der Waals surface area contributed by atoms with E-state index in [2.05, 4.69) is 34.7 Å². The molecule has 2 aromatic carbocycles. The number of unbranched alkanes of at least 4 members (excludes halogenated alkanes) is 3. The van der Waals surface area contributed by atoms with E-state index in [0.29, 0.717) is 25.5 Å². The van der Waals surface area contributed by atoms with Crippen LogP contribution >= 0.6 is 0 Å². The lowest BCUT2D eigenvalue weighted by Gasteiger charge is -2.28. The topological polar surface area (TPSA) is 106 Å². The molecule has 7 heteroatoms. The molecule has 1 heterocycles. The Labute approximate surface area is 250 Å². The van der Waals surface area contributed by atoms with Crippen molar-refractivity contribution >= 4 is 17.5 Å². The number of pyridine rings is 1. The number of nitrogens with one attached hydrogen (secondary N) is 2. The molecule has 1 aliphatic carbocycles. The molecule has 1 saturated carbocycles. The Hall–Kier alpha value is -3.71. The van der Waals surface area contributed by atoms with Gasteiger partial charge in [-0.3, -0.25) is 14.6 Å². The molecule has 42 heavy (non-hydrogen) atoms. The van der Waals surface area contributed by atoms with Crippen molar-refractivity contribution in [3.05, 3.63) is 89.7 Å². The van der Waals surface area contributed by atoms with Crippen molar-refractivity contribution in [2.45, 2.75) is 83.8 Å². The maximum atomic E-state index is 13.5. The maximum absolute atomic E-state index is 13.5. The Balaban J connectivity index is 1.38. The minimum Gasteiger partial charge on any atom is -0.489 e. The standard InChI is InChI=1S/C35H46N4O3/c1-2-3-4-5-6-26-9-15-31(16-10-26)38-35(41)33(39-34(40)30-13-7-28(24-36)8-14-30)23-27-11-17-32(18-12-27)42-25-29-19-21-37-22-20-29/h9-12,15-22,28,30,33H,2-8,13-14,23-25,36H2,1H3,(H,38,41)(H,39,40). The molecule has 224 valence electrons. The number of amides is 2. The lowest BCUT2D eigenvalue weighted by Crippen LogP contribution is -2.48. The minimum absolute atomic E-state index is 0.0506.